The molecule has 1 aliphatic heterocycles. The Labute approximate surface area is 257 Å². The number of non-ortho nitro benzene ring substituents is 1. The lowest BCUT2D eigenvalue weighted by Crippen LogP contribution is -2.83. The maximum Gasteiger partial charge on any atom is 0.333 e. The molecule has 0 aromatic heterocycles. The second-order valence-electron chi connectivity index (χ2n) is 10.0. The molecule has 44 heavy (non-hydrogen) atoms. The van der Waals surface area contributed by atoms with Crippen LogP contribution < -0.4 is 10.1 Å². The van der Waals surface area contributed by atoms with E-state index >= 15 is 0 Å². The zero-order chi connectivity index (χ0) is 32.2. The minimum absolute atomic E-state index is 0.0588. The molecule has 0 saturated carbocycles. The molecule has 1 saturated heterocycles. The number of nitro groups is 1. The second kappa shape index (κ2) is 12.9. The molecule has 3 aromatic rings. The Morgan fingerprint density at radius 1 is 1.07 bits per heavy atom. The molecule has 0 bridgehead atoms. The number of nitro benzene ring substituents is 1. The van der Waals surface area contributed by atoms with E-state index in [4.69, 9.17) is 9.47 Å². The number of likely N-dealkylation sites (tertiary alicyclic amines) is 1. The first-order valence-electron chi connectivity index (χ1n) is 13.2. The van der Waals surface area contributed by atoms with Crippen LogP contribution in [0.3, 0.4) is 0 Å². The first-order valence-corrected chi connectivity index (χ1v) is 16.0. The van der Waals surface area contributed by atoms with Crippen molar-refractivity contribution in [2.24, 2.45) is 0 Å². The van der Waals surface area contributed by atoms with Gasteiger partial charge in [-0.3, -0.25) is 19.7 Å². The number of carbonyl (C=O) groups excluding carboxylic acids is 3. The van der Waals surface area contributed by atoms with Crippen molar-refractivity contribution in [3.63, 3.8) is 0 Å². The van der Waals surface area contributed by atoms with E-state index in [1.54, 1.807) is 37.3 Å². The number of hydrogen-bond acceptors (Lipinski definition) is 10. The first kappa shape index (κ1) is 32.2. The third-order valence-electron chi connectivity index (χ3n) is 6.56. The number of benzene rings is 3. The van der Waals surface area contributed by atoms with Crippen molar-refractivity contribution in [3.8, 4) is 5.75 Å². The minimum atomic E-state index is -4.19. The van der Waals surface area contributed by atoms with Gasteiger partial charge in [-0.2, -0.15) is 0 Å². The predicted octanol–water partition coefficient (Wildman–Crippen LogP) is 4.09. The summed E-state index contributed by atoms with van der Waals surface area (Å²) >= 11 is 0. The standard InChI is InChI=1S/C30H29N3O9S2/c1-19(2)26(27(35)41-18-22-12-14-23(15-13-22)33(37)38)32-28(36)30(31-21(4)34,42-24-8-6-5-7-9-24)29(32)43-44(39,40)25-16-10-20(3)11-17-25/h5-17,26,29H,1,18H2,2-4H3,(H,31,34). The van der Waals surface area contributed by atoms with E-state index in [1.807, 2.05) is 0 Å². The monoisotopic (exact) mass is 639 g/mol. The summed E-state index contributed by atoms with van der Waals surface area (Å²) in [7, 11) is -3.85. The lowest BCUT2D eigenvalue weighted by Gasteiger charge is -2.55. The van der Waals surface area contributed by atoms with E-state index in [9.17, 15) is 32.9 Å². The summed E-state index contributed by atoms with van der Waals surface area (Å²) in [6.07, 6.45) is 0. The van der Waals surface area contributed by atoms with Crippen LogP contribution in [0.4, 0.5) is 5.69 Å². The smallest absolute Gasteiger partial charge is 0.333 e. The van der Waals surface area contributed by atoms with Crippen molar-refractivity contribution < 1.29 is 37.2 Å². The molecule has 1 heterocycles. The topological polar surface area (TPSA) is 162 Å². The molecule has 1 N–H and O–H groups in total. The molecule has 14 heteroatoms. The highest BCUT2D eigenvalue weighted by Crippen LogP contribution is 2.46. The van der Waals surface area contributed by atoms with Gasteiger partial charge in [0.05, 0.1) is 9.82 Å². The third kappa shape index (κ3) is 6.76. The van der Waals surface area contributed by atoms with Crippen LogP contribution in [0.1, 0.15) is 25.0 Å². The van der Waals surface area contributed by atoms with Crippen molar-refractivity contribution in [3.05, 3.63) is 112 Å². The number of nitrogens with one attached hydrogen (secondary N) is 1. The summed E-state index contributed by atoms with van der Waals surface area (Å²) in [4.78, 5) is 51.1. The SMILES string of the molecule is C=C(C)C(C(=O)OCc1ccc([N+](=O)[O-])cc1)N1C(=O)C(NC(C)=O)(Oc2ccccc2)C1SS(=O)(=O)c1ccc(C)cc1. The molecule has 4 rings (SSSR count). The number of ether oxygens (including phenoxy) is 2. The van der Waals surface area contributed by atoms with Crippen LogP contribution in [0.2, 0.25) is 0 Å². The zero-order valence-corrected chi connectivity index (χ0v) is 25.6. The van der Waals surface area contributed by atoms with Gasteiger partial charge in [0.2, 0.25) is 14.8 Å². The average Bonchev–Trinajstić information content (AvgIpc) is 2.97. The van der Waals surface area contributed by atoms with Crippen LogP contribution in [0, 0.1) is 17.0 Å². The summed E-state index contributed by atoms with van der Waals surface area (Å²) in [5.41, 5.74) is -0.934. The highest BCUT2D eigenvalue weighted by molar-refractivity contribution is 8.72. The van der Waals surface area contributed by atoms with E-state index in [0.717, 1.165) is 17.4 Å². The molecule has 0 aliphatic carbocycles. The fourth-order valence-corrected chi connectivity index (χ4v) is 8.00. The van der Waals surface area contributed by atoms with Crippen LogP contribution in [0.15, 0.2) is 95.9 Å². The number of rotatable bonds is 12. The number of amides is 2. The lowest BCUT2D eigenvalue weighted by atomic mass is 9.95. The van der Waals surface area contributed by atoms with Gasteiger partial charge in [-0.1, -0.05) is 42.5 Å². The van der Waals surface area contributed by atoms with E-state index in [0.29, 0.717) is 16.4 Å². The molecule has 2 amide bonds. The lowest BCUT2D eigenvalue weighted by molar-refractivity contribution is -0.384. The van der Waals surface area contributed by atoms with Gasteiger partial charge in [0, 0.05) is 29.9 Å². The highest BCUT2D eigenvalue weighted by Gasteiger charge is 2.69. The molecule has 12 nitrogen and oxygen atoms in total. The van der Waals surface area contributed by atoms with Crippen LogP contribution in [0.5, 0.6) is 5.75 Å². The van der Waals surface area contributed by atoms with Crippen LogP contribution in [0.25, 0.3) is 0 Å². The Hall–Kier alpha value is -4.69. The van der Waals surface area contributed by atoms with Crippen molar-refractivity contribution >= 4 is 43.1 Å². The van der Waals surface area contributed by atoms with Gasteiger partial charge in [0.25, 0.3) is 17.3 Å². The van der Waals surface area contributed by atoms with E-state index in [2.05, 4.69) is 11.9 Å². The first-order chi connectivity index (χ1) is 20.7. The molecule has 230 valence electrons. The molecular weight excluding hydrogens is 610 g/mol. The van der Waals surface area contributed by atoms with E-state index < -0.39 is 48.7 Å². The Morgan fingerprint density at radius 2 is 1.68 bits per heavy atom. The van der Waals surface area contributed by atoms with Crippen molar-refractivity contribution in [1.82, 2.24) is 10.2 Å². The van der Waals surface area contributed by atoms with Gasteiger partial charge in [-0.25, -0.2) is 13.2 Å². The van der Waals surface area contributed by atoms with Crippen molar-refractivity contribution in [2.45, 2.75) is 49.4 Å². The normalized spacial score (nSPS) is 18.5. The van der Waals surface area contributed by atoms with Crippen LogP contribution >= 0.6 is 10.8 Å². The Morgan fingerprint density at radius 3 is 2.23 bits per heavy atom. The number of esters is 1. The molecule has 1 aliphatic rings. The summed E-state index contributed by atoms with van der Waals surface area (Å²) < 4.78 is 38.8. The molecular formula is C30H29N3O9S2. The quantitative estimate of drug-likeness (QED) is 0.0581. The van der Waals surface area contributed by atoms with Gasteiger partial charge in [-0.15, -0.1) is 0 Å². The highest BCUT2D eigenvalue weighted by atomic mass is 33.1. The van der Waals surface area contributed by atoms with Crippen molar-refractivity contribution in [1.29, 1.82) is 0 Å². The number of aryl methyl sites for hydroxylation is 1. The largest absolute Gasteiger partial charge is 0.459 e. The number of carbonyl (C=O) groups is 3. The fraction of sp³-hybridized carbons (Fsp3) is 0.233. The van der Waals surface area contributed by atoms with Crippen LogP contribution in [-0.2, 0) is 34.6 Å². The minimum Gasteiger partial charge on any atom is -0.459 e. The molecule has 3 aromatic carbocycles. The Balaban J connectivity index is 1.71. The Kier molecular flexibility index (Phi) is 9.44. The van der Waals surface area contributed by atoms with E-state index in [-0.39, 0.29) is 28.5 Å². The Bertz CT molecular complexity index is 1700. The predicted molar refractivity (Wildman–Crippen MR) is 162 cm³/mol. The number of nitrogens with zero attached hydrogens (tertiary/aromatic N) is 2. The van der Waals surface area contributed by atoms with E-state index in [1.165, 1.54) is 55.5 Å². The van der Waals surface area contributed by atoms with Gasteiger partial charge < -0.3 is 19.7 Å². The maximum atomic E-state index is 14.0. The summed E-state index contributed by atoms with van der Waals surface area (Å²) in [6.45, 7) is 7.96. The number of hydrogen-bond donors (Lipinski definition) is 1. The average molecular weight is 640 g/mol. The van der Waals surface area contributed by atoms with Gasteiger partial charge in [0.15, 0.2) is 11.4 Å². The van der Waals surface area contributed by atoms with Gasteiger partial charge >= 0.3 is 5.97 Å². The molecule has 3 atom stereocenters. The number of para-hydroxylation sites is 1. The molecule has 1 fully saturated rings. The number of β-lactam (4-membered cyclic amide) rings is 1. The molecule has 0 spiro atoms. The van der Waals surface area contributed by atoms with Gasteiger partial charge in [-0.05, 0) is 61.4 Å². The van der Waals surface area contributed by atoms with Crippen LogP contribution in [-0.4, -0.2) is 53.2 Å². The molecule has 0 radical (unpaired) electrons. The van der Waals surface area contributed by atoms with Crippen molar-refractivity contribution in [2.75, 3.05) is 0 Å². The summed E-state index contributed by atoms with van der Waals surface area (Å²) in [5.74, 6) is -2.34. The van der Waals surface area contributed by atoms with Gasteiger partial charge in [0.1, 0.15) is 12.4 Å². The summed E-state index contributed by atoms with van der Waals surface area (Å²) in [5, 5.41) is 12.0. The zero-order valence-electron chi connectivity index (χ0n) is 24.0. The fourth-order valence-electron chi connectivity index (χ4n) is 4.45. The third-order valence-corrected chi connectivity index (χ3v) is 10.3. The second-order valence-corrected chi connectivity index (χ2v) is 14.0. The molecule has 3 unspecified atom stereocenters. The summed E-state index contributed by atoms with van der Waals surface area (Å²) in [6, 6.07) is 18.0. The maximum absolute atomic E-state index is 14.0.